The predicted molar refractivity (Wildman–Crippen MR) is 114 cm³/mol. The number of rotatable bonds is 7. The Morgan fingerprint density at radius 3 is 2.21 bits per heavy atom. The first-order valence-electron chi connectivity index (χ1n) is 9.91. The standard InChI is InChI=1S/C20H38N6O2/c1-10-20(11-2,24-18(27)28-19(5,6)7)13-23-17(21-8)22-12-16-14(3)25-26(9)15(16)4/h10-13H2,1-9H3,(H,24,27)(H2,21,22,23). The molecule has 0 radical (unpaired) electrons. The lowest BCUT2D eigenvalue weighted by Gasteiger charge is -2.34. The van der Waals surface area contributed by atoms with Gasteiger partial charge in [-0.3, -0.25) is 9.67 Å². The molecule has 0 aliphatic rings. The van der Waals surface area contributed by atoms with Crippen molar-refractivity contribution < 1.29 is 9.53 Å². The van der Waals surface area contributed by atoms with Crippen molar-refractivity contribution in [1.82, 2.24) is 25.7 Å². The number of nitrogens with one attached hydrogen (secondary N) is 3. The predicted octanol–water partition coefficient (Wildman–Crippen LogP) is 2.79. The number of guanidine groups is 1. The molecule has 8 nitrogen and oxygen atoms in total. The molecule has 0 fully saturated rings. The van der Waals surface area contributed by atoms with Crippen LogP contribution in [-0.2, 0) is 18.3 Å². The minimum Gasteiger partial charge on any atom is -0.444 e. The second kappa shape index (κ2) is 9.80. The highest BCUT2D eigenvalue weighted by molar-refractivity contribution is 5.80. The molecule has 0 saturated heterocycles. The molecule has 28 heavy (non-hydrogen) atoms. The minimum absolute atomic E-state index is 0.400. The fourth-order valence-corrected chi connectivity index (χ4v) is 2.96. The highest BCUT2D eigenvalue weighted by Gasteiger charge is 2.30. The van der Waals surface area contributed by atoms with Gasteiger partial charge in [-0.15, -0.1) is 0 Å². The summed E-state index contributed by atoms with van der Waals surface area (Å²) in [4.78, 5) is 16.6. The van der Waals surface area contributed by atoms with E-state index < -0.39 is 17.2 Å². The Hall–Kier alpha value is -2.25. The third kappa shape index (κ3) is 6.73. The molecule has 0 saturated carbocycles. The van der Waals surface area contributed by atoms with Gasteiger partial charge >= 0.3 is 6.09 Å². The van der Waals surface area contributed by atoms with Crippen LogP contribution in [0.15, 0.2) is 4.99 Å². The largest absolute Gasteiger partial charge is 0.444 e. The van der Waals surface area contributed by atoms with Gasteiger partial charge in [-0.2, -0.15) is 5.10 Å². The molecule has 160 valence electrons. The summed E-state index contributed by atoms with van der Waals surface area (Å²) in [6, 6.07) is 0. The van der Waals surface area contributed by atoms with Crippen molar-refractivity contribution in [1.29, 1.82) is 0 Å². The summed E-state index contributed by atoms with van der Waals surface area (Å²) in [5, 5.41) is 14.2. The van der Waals surface area contributed by atoms with E-state index in [4.69, 9.17) is 4.74 Å². The van der Waals surface area contributed by atoms with Gasteiger partial charge in [-0.1, -0.05) is 13.8 Å². The van der Waals surface area contributed by atoms with E-state index in [0.717, 1.165) is 29.8 Å². The molecule has 0 atom stereocenters. The Morgan fingerprint density at radius 2 is 1.79 bits per heavy atom. The fourth-order valence-electron chi connectivity index (χ4n) is 2.96. The molecule has 0 aliphatic heterocycles. The average Bonchev–Trinajstić information content (AvgIpc) is 2.84. The molecule has 0 unspecified atom stereocenters. The lowest BCUT2D eigenvalue weighted by molar-refractivity contribution is 0.0448. The van der Waals surface area contributed by atoms with E-state index in [1.807, 2.05) is 39.4 Å². The number of hydrogen-bond donors (Lipinski definition) is 3. The zero-order chi connectivity index (χ0) is 21.5. The second-order valence-corrected chi connectivity index (χ2v) is 8.17. The van der Waals surface area contributed by atoms with Gasteiger partial charge in [0.2, 0.25) is 0 Å². The van der Waals surface area contributed by atoms with E-state index in [2.05, 4.69) is 46.8 Å². The lowest BCUT2D eigenvalue weighted by Crippen LogP contribution is -2.57. The van der Waals surface area contributed by atoms with Gasteiger partial charge in [-0.05, 0) is 47.5 Å². The van der Waals surface area contributed by atoms with Crippen molar-refractivity contribution in [3.05, 3.63) is 17.0 Å². The molecule has 0 spiro atoms. The van der Waals surface area contributed by atoms with Crippen molar-refractivity contribution >= 4 is 12.1 Å². The average molecular weight is 395 g/mol. The monoisotopic (exact) mass is 394 g/mol. The Balaban J connectivity index is 2.72. The first-order chi connectivity index (χ1) is 13.0. The number of nitrogens with zero attached hydrogens (tertiary/aromatic N) is 3. The van der Waals surface area contributed by atoms with Gasteiger partial charge in [0.25, 0.3) is 0 Å². The van der Waals surface area contributed by atoms with E-state index in [1.54, 1.807) is 7.05 Å². The van der Waals surface area contributed by atoms with E-state index in [1.165, 1.54) is 0 Å². The summed E-state index contributed by atoms with van der Waals surface area (Å²) in [5.74, 6) is 0.680. The normalized spacial score (nSPS) is 12.7. The van der Waals surface area contributed by atoms with Crippen molar-refractivity contribution in [3.63, 3.8) is 0 Å². The Kier molecular flexibility index (Phi) is 8.32. The van der Waals surface area contributed by atoms with Crippen molar-refractivity contribution in [3.8, 4) is 0 Å². The Labute approximate surface area is 169 Å². The van der Waals surface area contributed by atoms with Gasteiger partial charge in [0.15, 0.2) is 5.96 Å². The highest BCUT2D eigenvalue weighted by Crippen LogP contribution is 2.16. The molecule has 1 aromatic heterocycles. The molecule has 1 amide bonds. The van der Waals surface area contributed by atoms with Crippen LogP contribution in [0.4, 0.5) is 4.79 Å². The fraction of sp³-hybridized carbons (Fsp3) is 0.750. The first kappa shape index (κ1) is 23.8. The van der Waals surface area contributed by atoms with E-state index in [9.17, 15) is 4.79 Å². The number of alkyl carbamates (subject to hydrolysis) is 1. The SMILES string of the molecule is CCC(CC)(CNC(=NC)NCc1c(C)nn(C)c1C)NC(=O)OC(C)(C)C. The van der Waals surface area contributed by atoms with Crippen LogP contribution in [0, 0.1) is 13.8 Å². The summed E-state index contributed by atoms with van der Waals surface area (Å²) in [7, 11) is 3.68. The van der Waals surface area contributed by atoms with Crippen LogP contribution in [0.25, 0.3) is 0 Å². The summed E-state index contributed by atoms with van der Waals surface area (Å²) in [5.41, 5.74) is 2.35. The maximum Gasteiger partial charge on any atom is 0.408 e. The Bertz CT molecular complexity index is 684. The molecule has 8 heteroatoms. The summed E-state index contributed by atoms with van der Waals surface area (Å²) < 4.78 is 7.31. The smallest absolute Gasteiger partial charge is 0.408 e. The number of carbonyl (C=O) groups excluding carboxylic acids is 1. The molecule has 1 aromatic rings. The van der Waals surface area contributed by atoms with E-state index in [-0.39, 0.29) is 0 Å². The Morgan fingerprint density at radius 1 is 1.18 bits per heavy atom. The molecule has 0 aromatic carbocycles. The third-order valence-corrected chi connectivity index (χ3v) is 5.03. The molecular weight excluding hydrogens is 356 g/mol. The second-order valence-electron chi connectivity index (χ2n) is 8.17. The maximum atomic E-state index is 12.3. The van der Waals surface area contributed by atoms with Gasteiger partial charge in [0, 0.05) is 38.4 Å². The number of carbonyl (C=O) groups is 1. The molecule has 3 N–H and O–H groups in total. The lowest BCUT2D eigenvalue weighted by atomic mass is 9.93. The highest BCUT2D eigenvalue weighted by atomic mass is 16.6. The molecule has 1 heterocycles. The summed E-state index contributed by atoms with van der Waals surface area (Å²) in [6.07, 6.45) is 1.14. The molecular formula is C20H38N6O2. The number of aliphatic imine (C=N–C) groups is 1. The molecule has 0 aliphatic carbocycles. The van der Waals surface area contributed by atoms with Gasteiger partial charge in [0.05, 0.1) is 11.2 Å². The van der Waals surface area contributed by atoms with Gasteiger partial charge in [-0.25, -0.2) is 4.79 Å². The number of amides is 1. The van der Waals surface area contributed by atoms with Crippen LogP contribution in [0.5, 0.6) is 0 Å². The number of hydrogen-bond acceptors (Lipinski definition) is 4. The van der Waals surface area contributed by atoms with Crippen LogP contribution in [0.1, 0.15) is 64.4 Å². The van der Waals surface area contributed by atoms with Crippen LogP contribution in [0.3, 0.4) is 0 Å². The van der Waals surface area contributed by atoms with Crippen LogP contribution < -0.4 is 16.0 Å². The summed E-state index contributed by atoms with van der Waals surface area (Å²) >= 11 is 0. The number of ether oxygens (including phenoxy) is 1. The van der Waals surface area contributed by atoms with Gasteiger partial charge < -0.3 is 20.7 Å². The van der Waals surface area contributed by atoms with Crippen molar-refractivity contribution in [2.45, 2.75) is 79.0 Å². The van der Waals surface area contributed by atoms with E-state index >= 15 is 0 Å². The van der Waals surface area contributed by atoms with Crippen molar-refractivity contribution in [2.75, 3.05) is 13.6 Å². The topological polar surface area (TPSA) is 92.6 Å². The molecule has 0 bridgehead atoms. The zero-order valence-corrected chi connectivity index (χ0v) is 19.0. The van der Waals surface area contributed by atoms with Crippen LogP contribution in [-0.4, -0.2) is 46.6 Å². The number of aryl methyl sites for hydroxylation is 2. The minimum atomic E-state index is -0.526. The first-order valence-corrected chi connectivity index (χ1v) is 9.91. The maximum absolute atomic E-state index is 12.3. The van der Waals surface area contributed by atoms with Gasteiger partial charge in [0.1, 0.15) is 5.60 Å². The third-order valence-electron chi connectivity index (χ3n) is 5.03. The quantitative estimate of drug-likeness (QED) is 0.488. The zero-order valence-electron chi connectivity index (χ0n) is 19.0. The van der Waals surface area contributed by atoms with Crippen LogP contribution >= 0.6 is 0 Å². The van der Waals surface area contributed by atoms with E-state index in [0.29, 0.717) is 19.0 Å². The molecule has 1 rings (SSSR count). The van der Waals surface area contributed by atoms with Crippen molar-refractivity contribution in [2.24, 2.45) is 12.0 Å². The number of aromatic nitrogens is 2. The van der Waals surface area contributed by atoms with Crippen LogP contribution in [0.2, 0.25) is 0 Å². The summed E-state index contributed by atoms with van der Waals surface area (Å²) in [6.45, 7) is 14.9.